The van der Waals surface area contributed by atoms with Crippen molar-refractivity contribution in [2.45, 2.75) is 232 Å². The van der Waals surface area contributed by atoms with Crippen LogP contribution in [-0.4, -0.2) is 37.2 Å². The first kappa shape index (κ1) is 61.1. The van der Waals surface area contributed by atoms with Crippen LogP contribution in [0.1, 0.15) is 226 Å². The van der Waals surface area contributed by atoms with Crippen LogP contribution >= 0.6 is 0 Å². The number of unbranched alkanes of at least 4 members (excludes halogenated alkanes) is 17. The molecule has 0 spiro atoms. The Morgan fingerprint density at radius 2 is 0.615 bits per heavy atom. The number of carbonyl (C=O) groups excluding carboxylic acids is 3. The van der Waals surface area contributed by atoms with Gasteiger partial charge in [-0.1, -0.05) is 214 Å². The average molecular weight is 901 g/mol. The van der Waals surface area contributed by atoms with Crippen molar-refractivity contribution in [3.8, 4) is 0 Å². The van der Waals surface area contributed by atoms with Crippen LogP contribution in [0.4, 0.5) is 0 Å². The van der Waals surface area contributed by atoms with E-state index in [0.717, 1.165) is 103 Å². The highest BCUT2D eigenvalue weighted by atomic mass is 16.6. The lowest BCUT2D eigenvalue weighted by Crippen LogP contribution is -2.30. The van der Waals surface area contributed by atoms with Crippen molar-refractivity contribution < 1.29 is 28.6 Å². The van der Waals surface area contributed by atoms with Gasteiger partial charge in [0.2, 0.25) is 0 Å². The Hall–Kier alpha value is -3.93. The summed E-state index contributed by atoms with van der Waals surface area (Å²) < 4.78 is 16.7. The highest BCUT2D eigenvalue weighted by molar-refractivity contribution is 5.71. The van der Waals surface area contributed by atoms with Gasteiger partial charge in [0.15, 0.2) is 6.10 Å². The summed E-state index contributed by atoms with van der Waals surface area (Å²) in [5.74, 6) is -1.01. The maximum Gasteiger partial charge on any atom is 0.306 e. The van der Waals surface area contributed by atoms with Gasteiger partial charge in [0.05, 0.1) is 0 Å². The second-order valence-electron chi connectivity index (χ2n) is 17.1. The third kappa shape index (κ3) is 50.9. The first-order valence-corrected chi connectivity index (χ1v) is 26.4. The van der Waals surface area contributed by atoms with Gasteiger partial charge in [0.25, 0.3) is 0 Å². The Kier molecular flexibility index (Phi) is 49.5. The van der Waals surface area contributed by atoms with Crippen molar-refractivity contribution in [2.75, 3.05) is 13.2 Å². The monoisotopic (exact) mass is 901 g/mol. The molecule has 0 N–H and O–H groups in total. The van der Waals surface area contributed by atoms with Crippen LogP contribution < -0.4 is 0 Å². The van der Waals surface area contributed by atoms with E-state index in [2.05, 4.69) is 130 Å². The Morgan fingerprint density at radius 3 is 1.02 bits per heavy atom. The van der Waals surface area contributed by atoms with Crippen molar-refractivity contribution in [2.24, 2.45) is 0 Å². The van der Waals surface area contributed by atoms with Crippen LogP contribution in [0.15, 0.2) is 109 Å². The van der Waals surface area contributed by atoms with Crippen LogP contribution in [0.5, 0.6) is 0 Å². The molecule has 0 aromatic rings. The van der Waals surface area contributed by atoms with E-state index in [9.17, 15) is 14.4 Å². The number of rotatable bonds is 46. The van der Waals surface area contributed by atoms with Gasteiger partial charge < -0.3 is 14.2 Å². The summed E-state index contributed by atoms with van der Waals surface area (Å²) in [4.78, 5) is 38.0. The lowest BCUT2D eigenvalue weighted by molar-refractivity contribution is -0.167. The summed E-state index contributed by atoms with van der Waals surface area (Å²) >= 11 is 0. The minimum Gasteiger partial charge on any atom is -0.462 e. The van der Waals surface area contributed by atoms with Gasteiger partial charge in [-0.3, -0.25) is 14.4 Å². The summed E-state index contributed by atoms with van der Waals surface area (Å²) in [5, 5.41) is 0. The van der Waals surface area contributed by atoms with Crippen molar-refractivity contribution in [1.29, 1.82) is 0 Å². The highest BCUT2D eigenvalue weighted by Crippen LogP contribution is 2.13. The fourth-order valence-electron chi connectivity index (χ4n) is 6.81. The molecule has 0 radical (unpaired) electrons. The molecule has 0 amide bonds. The summed E-state index contributed by atoms with van der Waals surface area (Å²) in [5.41, 5.74) is 0. The van der Waals surface area contributed by atoms with Crippen LogP contribution in [0.25, 0.3) is 0 Å². The van der Waals surface area contributed by atoms with Gasteiger partial charge in [-0.25, -0.2) is 0 Å². The van der Waals surface area contributed by atoms with Crippen LogP contribution in [0.3, 0.4) is 0 Å². The van der Waals surface area contributed by atoms with Crippen LogP contribution in [0.2, 0.25) is 0 Å². The summed E-state index contributed by atoms with van der Waals surface area (Å²) in [6, 6.07) is 0. The Morgan fingerprint density at radius 1 is 0.323 bits per heavy atom. The number of carbonyl (C=O) groups is 3. The average Bonchev–Trinajstić information content (AvgIpc) is 3.30. The number of esters is 3. The summed E-state index contributed by atoms with van der Waals surface area (Å²) in [6.07, 6.45) is 70.8. The molecule has 0 fully saturated rings. The normalized spacial score (nSPS) is 13.0. The number of allylic oxidation sites excluding steroid dienone is 18. The molecule has 0 rings (SSSR count). The minimum atomic E-state index is -0.820. The van der Waals surface area contributed by atoms with Gasteiger partial charge in [0.1, 0.15) is 13.2 Å². The van der Waals surface area contributed by atoms with Crippen LogP contribution in [-0.2, 0) is 28.6 Å². The fourth-order valence-corrected chi connectivity index (χ4v) is 6.81. The first-order valence-electron chi connectivity index (χ1n) is 26.4. The van der Waals surface area contributed by atoms with E-state index < -0.39 is 6.10 Å². The highest BCUT2D eigenvalue weighted by Gasteiger charge is 2.19. The smallest absolute Gasteiger partial charge is 0.306 e. The Bertz CT molecular complexity index is 1360. The molecule has 0 aliphatic carbocycles. The van der Waals surface area contributed by atoms with Gasteiger partial charge in [0, 0.05) is 19.3 Å². The zero-order valence-corrected chi connectivity index (χ0v) is 42.0. The minimum absolute atomic E-state index is 0.111. The summed E-state index contributed by atoms with van der Waals surface area (Å²) in [6.45, 7) is 6.40. The third-order valence-corrected chi connectivity index (χ3v) is 10.8. The van der Waals surface area contributed by atoms with E-state index >= 15 is 0 Å². The second-order valence-corrected chi connectivity index (χ2v) is 17.1. The molecule has 65 heavy (non-hydrogen) atoms. The van der Waals surface area contributed by atoms with E-state index in [1.54, 1.807) is 0 Å². The molecule has 0 saturated heterocycles. The maximum absolute atomic E-state index is 12.8. The van der Waals surface area contributed by atoms with Crippen LogP contribution in [0, 0.1) is 0 Å². The second kappa shape index (κ2) is 52.7. The van der Waals surface area contributed by atoms with E-state index in [4.69, 9.17) is 14.2 Å². The van der Waals surface area contributed by atoms with Crippen molar-refractivity contribution in [3.05, 3.63) is 109 Å². The van der Waals surface area contributed by atoms with Gasteiger partial charge in [-0.15, -0.1) is 0 Å². The molecular formula is C59H96O6. The predicted octanol–water partition coefficient (Wildman–Crippen LogP) is 17.5. The molecule has 0 aliphatic heterocycles. The van der Waals surface area contributed by atoms with Crippen molar-refractivity contribution in [1.82, 2.24) is 0 Å². The third-order valence-electron chi connectivity index (χ3n) is 10.8. The van der Waals surface area contributed by atoms with E-state index in [0.29, 0.717) is 19.3 Å². The zero-order valence-electron chi connectivity index (χ0n) is 42.0. The predicted molar refractivity (Wildman–Crippen MR) is 279 cm³/mol. The van der Waals surface area contributed by atoms with Crippen molar-refractivity contribution >= 4 is 17.9 Å². The molecule has 0 unspecified atom stereocenters. The molecule has 0 aliphatic rings. The van der Waals surface area contributed by atoms with Gasteiger partial charge >= 0.3 is 17.9 Å². The quantitative estimate of drug-likeness (QED) is 0.0262. The molecule has 0 saturated carbocycles. The van der Waals surface area contributed by atoms with Crippen molar-refractivity contribution in [3.63, 3.8) is 0 Å². The first-order chi connectivity index (χ1) is 32.0. The van der Waals surface area contributed by atoms with E-state index in [1.807, 2.05) is 0 Å². The van der Waals surface area contributed by atoms with Gasteiger partial charge in [-0.05, 0) is 103 Å². The van der Waals surface area contributed by atoms with E-state index in [1.165, 1.54) is 77.0 Å². The molecule has 6 nitrogen and oxygen atoms in total. The molecule has 0 aromatic carbocycles. The molecule has 368 valence electrons. The largest absolute Gasteiger partial charge is 0.462 e. The SMILES string of the molecule is CC/C=C\C/C=C\C/C=C\C/C=C\C/C=C\CCCCCC(=O)OC[C@@H](COC(=O)CCCCCCCCCCCCC)OC(=O)CCC/C=C\C/C=C\C/C=C\C/C=C\CCCCC. The molecule has 0 aromatic heterocycles. The standard InChI is InChI=1S/C59H96O6/c1-4-7-10-13-16-19-22-24-26-28-29-31-32-34-37-40-43-46-49-52-58(61)64-55-56(54-63-57(60)51-48-45-42-39-36-21-18-15-12-9-6-3)65-59(62)53-50-47-44-41-38-35-33-30-27-25-23-20-17-14-11-8-5-2/h7,10,16-17,19-20,24-27,29,31,33-35,37,41,44,56H,4-6,8-9,11-15,18,21-23,28,30,32,36,38-40,42-43,45-55H2,1-3H3/b10-7-,19-16-,20-17-,26-24-,27-25-,31-29-,35-33-,37-34-,44-41-/t56-/m1/s1. The molecule has 0 heterocycles. The van der Waals surface area contributed by atoms with Gasteiger partial charge in [-0.2, -0.15) is 0 Å². The Balaban J connectivity index is 4.53. The lowest BCUT2D eigenvalue weighted by Gasteiger charge is -2.18. The molecular weight excluding hydrogens is 805 g/mol. The number of ether oxygens (including phenoxy) is 3. The number of hydrogen-bond donors (Lipinski definition) is 0. The molecule has 1 atom stereocenters. The summed E-state index contributed by atoms with van der Waals surface area (Å²) in [7, 11) is 0. The fraction of sp³-hybridized carbons (Fsp3) is 0.644. The number of hydrogen-bond acceptors (Lipinski definition) is 6. The Labute approximate surface area is 400 Å². The van der Waals surface area contributed by atoms with E-state index in [-0.39, 0.29) is 37.5 Å². The topological polar surface area (TPSA) is 78.9 Å². The zero-order chi connectivity index (χ0) is 47.2. The molecule has 6 heteroatoms. The lowest BCUT2D eigenvalue weighted by atomic mass is 10.1. The maximum atomic E-state index is 12.8. The molecule has 0 bridgehead atoms.